The van der Waals surface area contributed by atoms with E-state index < -0.39 is 11.6 Å². The second-order valence-electron chi connectivity index (χ2n) is 7.81. The largest absolute Gasteiger partial charge is 0.341 e. The van der Waals surface area contributed by atoms with E-state index in [1.54, 1.807) is 23.1 Å². The monoisotopic (exact) mass is 389 g/mol. The zero-order valence-corrected chi connectivity index (χ0v) is 15.8. The van der Waals surface area contributed by atoms with Gasteiger partial charge in [-0.2, -0.15) is 5.10 Å². The second-order valence-corrected chi connectivity index (χ2v) is 7.81. The van der Waals surface area contributed by atoms with E-state index >= 15 is 0 Å². The van der Waals surface area contributed by atoms with E-state index in [0.717, 1.165) is 51.5 Å². The molecule has 6 nitrogen and oxygen atoms in total. The summed E-state index contributed by atoms with van der Waals surface area (Å²) in [6.45, 7) is 4.05. The standard InChI is InChI=1S/C20H25F2N5O/c21-18-3-1-2-17(20(18)22)10-25-7-4-15(5-8-25)16-6-9-26(11-16)19(28)12-27-14-23-13-24-27/h1-3,13-16H,4-12H2/t16-/m1/s1. The molecule has 28 heavy (non-hydrogen) atoms. The molecule has 0 spiro atoms. The molecule has 2 saturated heterocycles. The summed E-state index contributed by atoms with van der Waals surface area (Å²) in [6, 6.07) is 4.37. The smallest absolute Gasteiger partial charge is 0.244 e. The van der Waals surface area contributed by atoms with Gasteiger partial charge < -0.3 is 4.90 Å². The predicted molar refractivity (Wildman–Crippen MR) is 99.1 cm³/mol. The Bertz CT molecular complexity index is 805. The fraction of sp³-hybridized carbons (Fsp3) is 0.550. The molecule has 2 aromatic rings. The van der Waals surface area contributed by atoms with Crippen molar-refractivity contribution in [2.24, 2.45) is 11.8 Å². The number of benzene rings is 1. The van der Waals surface area contributed by atoms with Gasteiger partial charge in [0.15, 0.2) is 11.6 Å². The number of halogens is 2. The fourth-order valence-corrected chi connectivity index (χ4v) is 4.45. The van der Waals surface area contributed by atoms with E-state index in [-0.39, 0.29) is 12.5 Å². The summed E-state index contributed by atoms with van der Waals surface area (Å²) in [4.78, 5) is 20.4. The van der Waals surface area contributed by atoms with E-state index in [4.69, 9.17) is 0 Å². The van der Waals surface area contributed by atoms with Gasteiger partial charge in [0.05, 0.1) is 0 Å². The van der Waals surface area contributed by atoms with Crippen molar-refractivity contribution in [1.29, 1.82) is 0 Å². The van der Waals surface area contributed by atoms with E-state index in [1.807, 2.05) is 4.90 Å². The lowest BCUT2D eigenvalue weighted by atomic mass is 9.83. The molecular formula is C20H25F2N5O. The zero-order chi connectivity index (χ0) is 19.5. The van der Waals surface area contributed by atoms with Crippen LogP contribution in [0.1, 0.15) is 24.8 Å². The van der Waals surface area contributed by atoms with Gasteiger partial charge in [-0.3, -0.25) is 9.69 Å². The molecule has 0 aliphatic carbocycles. The lowest BCUT2D eigenvalue weighted by Crippen LogP contribution is -2.37. The topological polar surface area (TPSA) is 54.3 Å². The quantitative estimate of drug-likeness (QED) is 0.788. The van der Waals surface area contributed by atoms with Gasteiger partial charge in [0.25, 0.3) is 0 Å². The Morgan fingerprint density at radius 2 is 1.89 bits per heavy atom. The number of aromatic nitrogens is 3. The van der Waals surface area contributed by atoms with Gasteiger partial charge in [-0.1, -0.05) is 12.1 Å². The molecular weight excluding hydrogens is 364 g/mol. The lowest BCUT2D eigenvalue weighted by Gasteiger charge is -2.35. The van der Waals surface area contributed by atoms with E-state index in [2.05, 4.69) is 15.0 Å². The summed E-state index contributed by atoms with van der Waals surface area (Å²) in [7, 11) is 0. The van der Waals surface area contributed by atoms with Crippen molar-refractivity contribution in [2.75, 3.05) is 26.2 Å². The summed E-state index contributed by atoms with van der Waals surface area (Å²) >= 11 is 0. The number of hydrogen-bond acceptors (Lipinski definition) is 4. The average molecular weight is 389 g/mol. The number of amides is 1. The minimum Gasteiger partial charge on any atom is -0.341 e. The number of rotatable bonds is 5. The minimum absolute atomic E-state index is 0.0898. The number of hydrogen-bond donors (Lipinski definition) is 0. The number of likely N-dealkylation sites (tertiary alicyclic amines) is 2. The van der Waals surface area contributed by atoms with Gasteiger partial charge in [0.2, 0.25) is 5.91 Å². The molecule has 0 unspecified atom stereocenters. The van der Waals surface area contributed by atoms with Gasteiger partial charge in [0.1, 0.15) is 19.2 Å². The van der Waals surface area contributed by atoms with Crippen LogP contribution in [0.2, 0.25) is 0 Å². The molecule has 1 amide bonds. The SMILES string of the molecule is O=C(Cn1cncn1)N1CC[C@@H](C2CCN(Cc3cccc(F)c3F)CC2)C1. The molecule has 0 radical (unpaired) electrons. The molecule has 4 rings (SSSR count). The van der Waals surface area contributed by atoms with Crippen molar-refractivity contribution in [2.45, 2.75) is 32.4 Å². The molecule has 2 fully saturated rings. The van der Waals surface area contributed by atoms with Crippen LogP contribution in [0.5, 0.6) is 0 Å². The molecule has 0 saturated carbocycles. The first-order chi connectivity index (χ1) is 13.6. The highest BCUT2D eigenvalue weighted by Crippen LogP contribution is 2.32. The maximum Gasteiger partial charge on any atom is 0.244 e. The van der Waals surface area contributed by atoms with Crippen molar-refractivity contribution in [3.8, 4) is 0 Å². The van der Waals surface area contributed by atoms with Crippen LogP contribution in [0.25, 0.3) is 0 Å². The highest BCUT2D eigenvalue weighted by molar-refractivity contribution is 5.76. The third-order valence-corrected chi connectivity index (χ3v) is 6.07. The maximum atomic E-state index is 13.9. The van der Waals surface area contributed by atoms with E-state index in [0.29, 0.717) is 23.9 Å². The van der Waals surface area contributed by atoms with Gasteiger partial charge in [0, 0.05) is 25.2 Å². The number of carbonyl (C=O) groups excluding carboxylic acids is 1. The summed E-state index contributed by atoms with van der Waals surface area (Å²) in [6.07, 6.45) is 6.10. The Labute approximate surface area is 163 Å². The van der Waals surface area contributed by atoms with Crippen molar-refractivity contribution in [3.05, 3.63) is 48.1 Å². The summed E-state index contributed by atoms with van der Waals surface area (Å²) in [5.74, 6) is -0.325. The van der Waals surface area contributed by atoms with Crippen molar-refractivity contribution >= 4 is 5.91 Å². The molecule has 2 aliphatic rings. The number of piperidine rings is 1. The van der Waals surface area contributed by atoms with Crippen LogP contribution in [-0.4, -0.2) is 56.7 Å². The highest BCUT2D eigenvalue weighted by atomic mass is 19.2. The van der Waals surface area contributed by atoms with Crippen molar-refractivity contribution in [3.63, 3.8) is 0 Å². The Balaban J connectivity index is 1.25. The molecule has 1 aromatic heterocycles. The number of carbonyl (C=O) groups is 1. The Hall–Kier alpha value is -2.35. The second kappa shape index (κ2) is 8.34. The third kappa shape index (κ3) is 4.22. The Morgan fingerprint density at radius 1 is 1.11 bits per heavy atom. The molecule has 3 heterocycles. The normalized spacial score (nSPS) is 21.4. The minimum atomic E-state index is -0.783. The van der Waals surface area contributed by atoms with E-state index in [1.165, 1.54) is 6.33 Å². The average Bonchev–Trinajstić information content (AvgIpc) is 3.38. The summed E-state index contributed by atoms with van der Waals surface area (Å²) < 4.78 is 28.8. The predicted octanol–water partition coefficient (Wildman–Crippen LogP) is 2.32. The first-order valence-corrected chi connectivity index (χ1v) is 9.85. The molecule has 150 valence electrons. The van der Waals surface area contributed by atoms with Gasteiger partial charge in [-0.15, -0.1) is 0 Å². The first kappa shape index (κ1) is 19.0. The molecule has 0 N–H and O–H groups in total. The first-order valence-electron chi connectivity index (χ1n) is 9.85. The van der Waals surface area contributed by atoms with Crippen LogP contribution in [0, 0.1) is 23.5 Å². The molecule has 0 bridgehead atoms. The molecule has 2 aliphatic heterocycles. The van der Waals surface area contributed by atoms with Gasteiger partial charge in [-0.05, 0) is 50.3 Å². The zero-order valence-electron chi connectivity index (χ0n) is 15.8. The van der Waals surface area contributed by atoms with Crippen molar-refractivity contribution in [1.82, 2.24) is 24.6 Å². The third-order valence-electron chi connectivity index (χ3n) is 6.07. The van der Waals surface area contributed by atoms with Crippen LogP contribution >= 0.6 is 0 Å². The van der Waals surface area contributed by atoms with Crippen LogP contribution in [0.3, 0.4) is 0 Å². The van der Waals surface area contributed by atoms with Crippen LogP contribution in [0.4, 0.5) is 8.78 Å². The van der Waals surface area contributed by atoms with Gasteiger partial charge in [-0.25, -0.2) is 18.4 Å². The molecule has 8 heteroatoms. The van der Waals surface area contributed by atoms with E-state index in [9.17, 15) is 13.6 Å². The number of nitrogens with zero attached hydrogens (tertiary/aromatic N) is 5. The Kier molecular flexibility index (Phi) is 5.66. The van der Waals surface area contributed by atoms with Crippen LogP contribution in [0.15, 0.2) is 30.9 Å². The van der Waals surface area contributed by atoms with Gasteiger partial charge >= 0.3 is 0 Å². The maximum absolute atomic E-state index is 13.9. The lowest BCUT2D eigenvalue weighted by molar-refractivity contribution is -0.131. The van der Waals surface area contributed by atoms with Crippen LogP contribution < -0.4 is 0 Å². The fourth-order valence-electron chi connectivity index (χ4n) is 4.45. The summed E-state index contributed by atoms with van der Waals surface area (Å²) in [5, 5.41) is 3.99. The van der Waals surface area contributed by atoms with Crippen molar-refractivity contribution < 1.29 is 13.6 Å². The summed E-state index contributed by atoms with van der Waals surface area (Å²) in [5.41, 5.74) is 0.421. The Morgan fingerprint density at radius 3 is 2.64 bits per heavy atom. The molecule has 1 atom stereocenters. The van der Waals surface area contributed by atoms with Crippen LogP contribution in [-0.2, 0) is 17.9 Å². The highest BCUT2D eigenvalue weighted by Gasteiger charge is 2.33. The molecule has 1 aromatic carbocycles.